The summed E-state index contributed by atoms with van der Waals surface area (Å²) in [5.74, 6) is -1.46. The summed E-state index contributed by atoms with van der Waals surface area (Å²) in [5, 5.41) is 3.44. The normalized spacial score (nSPS) is 22.7. The van der Waals surface area contributed by atoms with Crippen molar-refractivity contribution in [1.82, 2.24) is 15.2 Å². The van der Waals surface area contributed by atoms with Crippen molar-refractivity contribution < 1.29 is 23.9 Å². The molecular formula is C21H23N3O5. The fourth-order valence-corrected chi connectivity index (χ4v) is 4.01. The van der Waals surface area contributed by atoms with Gasteiger partial charge < -0.3 is 15.0 Å². The number of amides is 3. The van der Waals surface area contributed by atoms with E-state index >= 15 is 0 Å². The summed E-state index contributed by atoms with van der Waals surface area (Å²) < 4.78 is 5.27. The summed E-state index contributed by atoms with van der Waals surface area (Å²) in [7, 11) is 0. The van der Waals surface area contributed by atoms with E-state index in [2.05, 4.69) is 10.3 Å². The summed E-state index contributed by atoms with van der Waals surface area (Å²) in [6, 6.07) is 6.78. The Morgan fingerprint density at radius 2 is 1.97 bits per heavy atom. The number of carbonyl (C=O) groups excluding carboxylic acids is 4. The summed E-state index contributed by atoms with van der Waals surface area (Å²) in [5.41, 5.74) is 1.02. The molecule has 0 bridgehead atoms. The molecule has 1 aliphatic heterocycles. The van der Waals surface area contributed by atoms with Crippen molar-refractivity contribution in [2.45, 2.75) is 45.3 Å². The van der Waals surface area contributed by atoms with Crippen molar-refractivity contribution in [2.24, 2.45) is 5.92 Å². The first-order valence-electron chi connectivity index (χ1n) is 9.67. The lowest BCUT2D eigenvalue weighted by Gasteiger charge is -2.21. The molecule has 3 amide bonds. The molecule has 2 aliphatic rings. The third-order valence-electron chi connectivity index (χ3n) is 5.80. The van der Waals surface area contributed by atoms with Gasteiger partial charge >= 0.3 is 12.0 Å². The average Bonchev–Trinajstić information content (AvgIpc) is 3.44. The zero-order valence-corrected chi connectivity index (χ0v) is 16.6. The number of aryl methyl sites for hydroxylation is 1. The lowest BCUT2D eigenvalue weighted by Crippen LogP contribution is -2.46. The number of nitrogens with one attached hydrogen (secondary N) is 2. The van der Waals surface area contributed by atoms with Crippen LogP contribution in [0.4, 0.5) is 4.79 Å². The van der Waals surface area contributed by atoms with E-state index in [1.807, 2.05) is 24.3 Å². The van der Waals surface area contributed by atoms with Gasteiger partial charge in [-0.1, -0.05) is 18.2 Å². The quantitative estimate of drug-likeness (QED) is 0.442. The fraction of sp³-hybridized carbons (Fsp3) is 0.429. The van der Waals surface area contributed by atoms with Crippen LogP contribution in [0.25, 0.3) is 10.9 Å². The number of aromatic amines is 1. The molecule has 152 valence electrons. The molecule has 8 heteroatoms. The predicted molar refractivity (Wildman–Crippen MR) is 104 cm³/mol. The van der Waals surface area contributed by atoms with Crippen LogP contribution in [0.2, 0.25) is 0 Å². The van der Waals surface area contributed by atoms with Crippen LogP contribution in [0.15, 0.2) is 24.3 Å². The molecule has 2 heterocycles. The van der Waals surface area contributed by atoms with E-state index in [-0.39, 0.29) is 11.7 Å². The Bertz CT molecular complexity index is 1040. The van der Waals surface area contributed by atoms with E-state index in [0.717, 1.165) is 28.6 Å². The van der Waals surface area contributed by atoms with Gasteiger partial charge in [0.1, 0.15) is 12.1 Å². The van der Waals surface area contributed by atoms with E-state index in [0.29, 0.717) is 11.3 Å². The first-order valence-corrected chi connectivity index (χ1v) is 9.67. The number of ether oxygens (including phenoxy) is 1. The Morgan fingerprint density at radius 3 is 2.66 bits per heavy atom. The van der Waals surface area contributed by atoms with Crippen LogP contribution in [-0.4, -0.2) is 51.8 Å². The maximum absolute atomic E-state index is 12.9. The minimum Gasteiger partial charge on any atom is -0.453 e. The van der Waals surface area contributed by atoms with E-state index in [4.69, 9.17) is 4.74 Å². The predicted octanol–water partition coefficient (Wildman–Crippen LogP) is 2.31. The number of imide groups is 1. The van der Waals surface area contributed by atoms with Gasteiger partial charge in [0.05, 0.1) is 0 Å². The van der Waals surface area contributed by atoms with Crippen molar-refractivity contribution in [1.29, 1.82) is 0 Å². The van der Waals surface area contributed by atoms with Gasteiger partial charge in [-0.3, -0.25) is 19.3 Å². The Morgan fingerprint density at radius 1 is 1.28 bits per heavy atom. The number of para-hydroxylation sites is 1. The highest BCUT2D eigenvalue weighted by atomic mass is 16.5. The molecule has 0 spiro atoms. The Hall–Kier alpha value is -3.16. The zero-order chi connectivity index (χ0) is 20.9. The summed E-state index contributed by atoms with van der Waals surface area (Å²) in [6.07, 6.45) is 0.697. The number of ketones is 1. The number of rotatable bonds is 6. The third kappa shape index (κ3) is 3.18. The van der Waals surface area contributed by atoms with Gasteiger partial charge in [-0.15, -0.1) is 0 Å². The van der Waals surface area contributed by atoms with E-state index in [9.17, 15) is 19.2 Å². The number of aromatic nitrogens is 1. The fourth-order valence-electron chi connectivity index (χ4n) is 4.01. The third-order valence-corrected chi connectivity index (χ3v) is 5.80. The van der Waals surface area contributed by atoms with E-state index in [1.165, 1.54) is 6.92 Å². The molecule has 1 saturated carbocycles. The van der Waals surface area contributed by atoms with E-state index < -0.39 is 36.1 Å². The van der Waals surface area contributed by atoms with Crippen LogP contribution in [-0.2, 0) is 14.3 Å². The van der Waals surface area contributed by atoms with Crippen molar-refractivity contribution in [3.05, 3.63) is 35.5 Å². The second kappa shape index (κ2) is 6.72. The highest BCUT2D eigenvalue weighted by Crippen LogP contribution is 2.42. The summed E-state index contributed by atoms with van der Waals surface area (Å²) in [4.78, 5) is 54.1. The molecule has 1 aromatic heterocycles. The number of H-pyrrole nitrogens is 1. The van der Waals surface area contributed by atoms with Crippen molar-refractivity contribution in [3.8, 4) is 0 Å². The van der Waals surface area contributed by atoms with Gasteiger partial charge in [-0.25, -0.2) is 4.79 Å². The molecule has 2 atom stereocenters. The first-order chi connectivity index (χ1) is 13.7. The second-order valence-electron chi connectivity index (χ2n) is 7.96. The topological polar surface area (TPSA) is 109 Å². The van der Waals surface area contributed by atoms with Gasteiger partial charge in [0.25, 0.3) is 5.91 Å². The number of hydrogen-bond donors (Lipinski definition) is 2. The summed E-state index contributed by atoms with van der Waals surface area (Å²) >= 11 is 0. The van der Waals surface area contributed by atoms with Gasteiger partial charge in [0.15, 0.2) is 6.10 Å². The number of esters is 1. The van der Waals surface area contributed by atoms with Gasteiger partial charge in [0.2, 0.25) is 5.78 Å². The van der Waals surface area contributed by atoms with E-state index in [1.54, 1.807) is 13.8 Å². The molecule has 0 radical (unpaired) electrons. The molecule has 2 fully saturated rings. The number of carbonyl (C=O) groups is 4. The summed E-state index contributed by atoms with van der Waals surface area (Å²) in [6.45, 7) is 4.44. The second-order valence-corrected chi connectivity index (χ2v) is 7.96. The van der Waals surface area contributed by atoms with Gasteiger partial charge in [0, 0.05) is 22.2 Å². The standard InChI is InChI=1S/C21H23N3O5/c1-11-17(14-6-4-5-7-15(14)22-11)18(26)12(2)29-16(25)10-24-19(27)21(3,13-8-9-13)23-20(24)28/h4-7,12-13,22H,8-10H2,1-3H3,(H,23,28)/t12-,21+/m0/s1. The SMILES string of the molecule is Cc1[nH]c2ccccc2c1C(=O)[C@H](C)OC(=O)CN1C(=O)N[C@](C)(C2CC2)C1=O. The molecule has 1 aliphatic carbocycles. The molecule has 2 aromatic rings. The maximum Gasteiger partial charge on any atom is 0.326 e. The van der Waals surface area contributed by atoms with Crippen molar-refractivity contribution >= 4 is 34.6 Å². The number of fused-ring (bicyclic) bond motifs is 1. The average molecular weight is 397 g/mol. The molecule has 0 unspecified atom stereocenters. The Kier molecular flexibility index (Phi) is 4.44. The lowest BCUT2D eigenvalue weighted by molar-refractivity contribution is -0.150. The minimum atomic E-state index is -1.05. The van der Waals surface area contributed by atoms with Crippen LogP contribution in [0, 0.1) is 12.8 Å². The number of Topliss-reactive ketones (excluding diaryl/α,β-unsaturated/α-hetero) is 1. The highest BCUT2D eigenvalue weighted by molar-refractivity contribution is 6.12. The van der Waals surface area contributed by atoms with Crippen LogP contribution in [0.1, 0.15) is 42.7 Å². The maximum atomic E-state index is 12.9. The van der Waals surface area contributed by atoms with Crippen molar-refractivity contribution in [2.75, 3.05) is 6.54 Å². The van der Waals surface area contributed by atoms with Gasteiger partial charge in [-0.05, 0) is 45.6 Å². The monoisotopic (exact) mass is 397 g/mol. The van der Waals surface area contributed by atoms with Gasteiger partial charge in [-0.2, -0.15) is 0 Å². The van der Waals surface area contributed by atoms with Crippen molar-refractivity contribution in [3.63, 3.8) is 0 Å². The molecule has 29 heavy (non-hydrogen) atoms. The number of urea groups is 1. The molecule has 8 nitrogen and oxygen atoms in total. The first kappa shape index (κ1) is 19.2. The minimum absolute atomic E-state index is 0.102. The Labute approximate surface area is 167 Å². The molecule has 1 saturated heterocycles. The molecule has 2 N–H and O–H groups in total. The Balaban J connectivity index is 1.44. The number of hydrogen-bond acceptors (Lipinski definition) is 5. The zero-order valence-electron chi connectivity index (χ0n) is 16.6. The largest absolute Gasteiger partial charge is 0.453 e. The molecule has 4 rings (SSSR count). The highest BCUT2D eigenvalue weighted by Gasteiger charge is 2.56. The van der Waals surface area contributed by atoms with Crippen LogP contribution >= 0.6 is 0 Å². The molecular weight excluding hydrogens is 374 g/mol. The van der Waals surface area contributed by atoms with Crippen LogP contribution < -0.4 is 5.32 Å². The molecule has 1 aromatic carbocycles. The lowest BCUT2D eigenvalue weighted by atomic mass is 9.96. The van der Waals surface area contributed by atoms with Crippen LogP contribution in [0.5, 0.6) is 0 Å². The van der Waals surface area contributed by atoms with Crippen LogP contribution in [0.3, 0.4) is 0 Å². The smallest absolute Gasteiger partial charge is 0.326 e. The number of nitrogens with zero attached hydrogens (tertiary/aromatic N) is 1. The number of benzene rings is 1.